The molecule has 0 radical (unpaired) electrons. The zero-order valence-corrected chi connectivity index (χ0v) is 11.3. The molecule has 0 fully saturated rings. The Hall–Kier alpha value is -1.34. The van der Waals surface area contributed by atoms with Gasteiger partial charge >= 0.3 is 0 Å². The minimum absolute atomic E-state index is 0.189. The Balaban J connectivity index is 2.39. The van der Waals surface area contributed by atoms with E-state index in [1.165, 1.54) is 6.07 Å². The quantitative estimate of drug-likeness (QED) is 0.912. The molecule has 1 aromatic carbocycles. The number of rotatable bonds is 3. The number of aryl methyl sites for hydroxylation is 1. The van der Waals surface area contributed by atoms with E-state index in [0.29, 0.717) is 10.3 Å². The van der Waals surface area contributed by atoms with E-state index >= 15 is 0 Å². The van der Waals surface area contributed by atoms with Crippen LogP contribution in [-0.4, -0.2) is 18.6 Å². The van der Waals surface area contributed by atoms with Gasteiger partial charge in [-0.05, 0) is 35.0 Å². The van der Waals surface area contributed by atoms with Gasteiger partial charge in [0.25, 0.3) is 10.0 Å². The average molecular weight is 316 g/mol. The van der Waals surface area contributed by atoms with Crippen molar-refractivity contribution >= 4 is 31.8 Å². The van der Waals surface area contributed by atoms with Gasteiger partial charge in [-0.3, -0.25) is 9.82 Å². The van der Waals surface area contributed by atoms with Crippen molar-refractivity contribution in [1.82, 2.24) is 10.2 Å². The topological polar surface area (TPSA) is 74.8 Å². The van der Waals surface area contributed by atoms with Gasteiger partial charge in [0.1, 0.15) is 10.7 Å². The minimum atomic E-state index is -3.60. The lowest BCUT2D eigenvalue weighted by atomic mass is 10.4. The molecule has 1 aromatic heterocycles. The molecule has 2 rings (SSSR count). The molecule has 0 unspecified atom stereocenters. The molecule has 2 aromatic rings. The molecule has 0 aliphatic heterocycles. The fourth-order valence-corrected chi connectivity index (χ4v) is 3.39. The summed E-state index contributed by atoms with van der Waals surface area (Å²) in [5, 5.41) is 6.35. The number of benzene rings is 1. The molecule has 0 spiro atoms. The summed E-state index contributed by atoms with van der Waals surface area (Å²) in [6, 6.07) is 6.62. The van der Waals surface area contributed by atoms with E-state index in [0.717, 1.165) is 5.56 Å². The highest BCUT2D eigenvalue weighted by molar-refractivity contribution is 9.10. The highest BCUT2D eigenvalue weighted by atomic mass is 79.9. The van der Waals surface area contributed by atoms with Gasteiger partial charge in [-0.2, -0.15) is 5.10 Å². The second kappa shape index (κ2) is 4.50. The Bertz CT molecular complexity index is 637. The fraction of sp³-hybridized carbons (Fsp3) is 0.100. The normalized spacial score (nSPS) is 11.4. The zero-order chi connectivity index (χ0) is 12.5. The number of halogens is 1. The highest BCUT2D eigenvalue weighted by Gasteiger charge is 2.18. The van der Waals surface area contributed by atoms with Crippen LogP contribution in [0.5, 0.6) is 0 Å². The lowest BCUT2D eigenvalue weighted by molar-refractivity contribution is 0.600. The van der Waals surface area contributed by atoms with Crippen LogP contribution in [0.4, 0.5) is 5.82 Å². The van der Waals surface area contributed by atoms with Crippen molar-refractivity contribution in [3.8, 4) is 0 Å². The largest absolute Gasteiger partial charge is 0.264 e. The van der Waals surface area contributed by atoms with Crippen molar-refractivity contribution < 1.29 is 8.42 Å². The maximum atomic E-state index is 12.1. The van der Waals surface area contributed by atoms with E-state index in [1.807, 2.05) is 0 Å². The molecule has 0 aliphatic rings. The van der Waals surface area contributed by atoms with Gasteiger partial charge in [-0.25, -0.2) is 8.42 Å². The number of hydrogen-bond donors (Lipinski definition) is 2. The Labute approximate surface area is 107 Å². The number of nitrogens with one attached hydrogen (secondary N) is 2. The van der Waals surface area contributed by atoms with Crippen molar-refractivity contribution in [3.05, 3.63) is 40.5 Å². The van der Waals surface area contributed by atoms with Gasteiger partial charge in [-0.1, -0.05) is 12.1 Å². The monoisotopic (exact) mass is 315 g/mol. The van der Waals surface area contributed by atoms with Gasteiger partial charge in [0.05, 0.1) is 6.20 Å². The molecule has 0 aliphatic carbocycles. The Morgan fingerprint density at radius 3 is 2.65 bits per heavy atom. The number of H-pyrrole nitrogens is 1. The van der Waals surface area contributed by atoms with Crippen LogP contribution in [0.2, 0.25) is 0 Å². The average Bonchev–Trinajstić information content (AvgIpc) is 2.64. The van der Waals surface area contributed by atoms with Crippen LogP contribution in [-0.2, 0) is 10.0 Å². The van der Waals surface area contributed by atoms with Crippen LogP contribution in [0.25, 0.3) is 0 Å². The Kier molecular flexibility index (Phi) is 3.21. The predicted molar refractivity (Wildman–Crippen MR) is 68.3 cm³/mol. The van der Waals surface area contributed by atoms with Gasteiger partial charge < -0.3 is 0 Å². The van der Waals surface area contributed by atoms with Gasteiger partial charge in [0.15, 0.2) is 0 Å². The smallest absolute Gasteiger partial charge is 0.263 e. The first-order chi connectivity index (χ1) is 8.00. The van der Waals surface area contributed by atoms with E-state index in [1.54, 1.807) is 31.3 Å². The number of aromatic nitrogens is 2. The second-order valence-electron chi connectivity index (χ2n) is 3.46. The molecule has 2 N–H and O–H groups in total. The first-order valence-electron chi connectivity index (χ1n) is 4.78. The molecule has 0 bridgehead atoms. The number of sulfonamides is 1. The predicted octanol–water partition coefficient (Wildman–Crippen LogP) is 2.28. The third kappa shape index (κ3) is 2.50. The van der Waals surface area contributed by atoms with E-state index in [9.17, 15) is 8.42 Å². The van der Waals surface area contributed by atoms with Crippen LogP contribution in [0, 0.1) is 6.92 Å². The fourth-order valence-electron chi connectivity index (χ4n) is 1.30. The van der Waals surface area contributed by atoms with E-state index < -0.39 is 10.0 Å². The van der Waals surface area contributed by atoms with Crippen molar-refractivity contribution in [2.24, 2.45) is 0 Å². The van der Waals surface area contributed by atoms with Crippen LogP contribution >= 0.6 is 15.9 Å². The maximum Gasteiger partial charge on any atom is 0.264 e. The third-order valence-corrected chi connectivity index (χ3v) is 4.55. The summed E-state index contributed by atoms with van der Waals surface area (Å²) >= 11 is 3.21. The zero-order valence-electron chi connectivity index (χ0n) is 8.94. The van der Waals surface area contributed by atoms with Gasteiger partial charge in [0, 0.05) is 10.0 Å². The van der Waals surface area contributed by atoms with Crippen LogP contribution in [0.15, 0.2) is 39.8 Å². The Morgan fingerprint density at radius 1 is 1.35 bits per heavy atom. The molecule has 5 nitrogen and oxygen atoms in total. The molecule has 0 atom stereocenters. The summed E-state index contributed by atoms with van der Waals surface area (Å²) in [7, 11) is -3.60. The lowest BCUT2D eigenvalue weighted by Gasteiger charge is -2.08. The standard InChI is InChI=1S/C10H10BrN3O2S/c1-7-6-12-13-10(7)14-17(15,16)9-5-3-2-4-8(9)11/h2-6H,1H3,(H2,12,13,14). The van der Waals surface area contributed by atoms with E-state index in [-0.39, 0.29) is 4.90 Å². The number of nitrogens with zero attached hydrogens (tertiary/aromatic N) is 1. The summed E-state index contributed by atoms with van der Waals surface area (Å²) in [5.74, 6) is 0.376. The molecule has 0 amide bonds. The molecule has 0 saturated carbocycles. The summed E-state index contributed by atoms with van der Waals surface area (Å²) in [4.78, 5) is 0.189. The molecular weight excluding hydrogens is 306 g/mol. The first kappa shape index (κ1) is 12.1. The van der Waals surface area contributed by atoms with Crippen molar-refractivity contribution in [2.45, 2.75) is 11.8 Å². The first-order valence-corrected chi connectivity index (χ1v) is 7.05. The number of aromatic amines is 1. The van der Waals surface area contributed by atoms with Crippen molar-refractivity contribution in [1.29, 1.82) is 0 Å². The molecule has 90 valence electrons. The summed E-state index contributed by atoms with van der Waals surface area (Å²) in [6.07, 6.45) is 1.55. The molecule has 7 heteroatoms. The second-order valence-corrected chi connectivity index (χ2v) is 5.97. The number of hydrogen-bond acceptors (Lipinski definition) is 3. The molecule has 0 saturated heterocycles. The van der Waals surface area contributed by atoms with E-state index in [2.05, 4.69) is 30.8 Å². The van der Waals surface area contributed by atoms with Gasteiger partial charge in [-0.15, -0.1) is 0 Å². The highest BCUT2D eigenvalue weighted by Crippen LogP contribution is 2.23. The van der Waals surface area contributed by atoms with Crippen LogP contribution in [0.1, 0.15) is 5.56 Å². The van der Waals surface area contributed by atoms with Crippen LogP contribution < -0.4 is 4.72 Å². The maximum absolute atomic E-state index is 12.1. The van der Waals surface area contributed by atoms with E-state index in [4.69, 9.17) is 0 Å². The molecular formula is C10H10BrN3O2S. The molecule has 1 heterocycles. The summed E-state index contributed by atoms with van der Waals surface area (Å²) in [5.41, 5.74) is 0.737. The molecule has 17 heavy (non-hydrogen) atoms. The number of anilines is 1. The SMILES string of the molecule is Cc1cn[nH]c1NS(=O)(=O)c1ccccc1Br. The van der Waals surface area contributed by atoms with Crippen molar-refractivity contribution in [2.75, 3.05) is 4.72 Å². The lowest BCUT2D eigenvalue weighted by Crippen LogP contribution is -2.14. The third-order valence-electron chi connectivity index (χ3n) is 2.19. The van der Waals surface area contributed by atoms with Crippen LogP contribution in [0.3, 0.4) is 0 Å². The Morgan fingerprint density at radius 2 is 2.06 bits per heavy atom. The minimum Gasteiger partial charge on any atom is -0.263 e. The van der Waals surface area contributed by atoms with Gasteiger partial charge in [0.2, 0.25) is 0 Å². The summed E-state index contributed by atoms with van der Waals surface area (Å²) in [6.45, 7) is 1.77. The summed E-state index contributed by atoms with van der Waals surface area (Å²) < 4.78 is 27.1. The van der Waals surface area contributed by atoms with Crippen molar-refractivity contribution in [3.63, 3.8) is 0 Å².